The van der Waals surface area contributed by atoms with E-state index in [9.17, 15) is 0 Å². The van der Waals surface area contributed by atoms with Crippen molar-refractivity contribution in [2.75, 3.05) is 0 Å². The van der Waals surface area contributed by atoms with Crippen molar-refractivity contribution in [2.24, 2.45) is 0 Å². The summed E-state index contributed by atoms with van der Waals surface area (Å²) < 4.78 is 15.3. The zero-order valence-corrected chi connectivity index (χ0v) is 22.8. The summed E-state index contributed by atoms with van der Waals surface area (Å²) in [5.74, 6) is 0. The third kappa shape index (κ3) is 4.50. The molecule has 0 amide bonds. The Morgan fingerprint density at radius 3 is 1.41 bits per heavy atom. The standard InChI is InChI=1S/C8H18P.C5H5.5CH3.2ClH.Hf/c1-7(2,3)9-8(4,5)6;1-2-4-5-3-1;;;;;;;;/h1-6H3;1-3H,4H2;5*1H3;2*1H;/q-1;;;;;;;;;+1. The Kier molecular flexibility index (Phi) is 6.03. The third-order valence-corrected chi connectivity index (χ3v) is 67.5. The van der Waals surface area contributed by atoms with Crippen molar-refractivity contribution in [1.82, 2.24) is 0 Å². The van der Waals surface area contributed by atoms with Gasteiger partial charge in [0, 0.05) is 0 Å². The molecule has 0 bridgehead atoms. The van der Waals surface area contributed by atoms with Crippen molar-refractivity contribution < 1.29 is 15.0 Å². The van der Waals surface area contributed by atoms with Crippen LogP contribution in [0.15, 0.2) is 21.6 Å². The van der Waals surface area contributed by atoms with Gasteiger partial charge in [0.05, 0.1) is 0 Å². The fourth-order valence-electron chi connectivity index (χ4n) is 6.30. The van der Waals surface area contributed by atoms with E-state index in [0.717, 1.165) is 0 Å². The molecule has 0 aromatic rings. The second-order valence-electron chi connectivity index (χ2n) is 13.5. The van der Waals surface area contributed by atoms with Crippen LogP contribution in [0.2, 0.25) is 23.4 Å². The quantitative estimate of drug-likeness (QED) is 0.245. The molecule has 0 aliphatic heterocycles. The molecule has 0 unspecified atom stereocenters. The maximum Gasteiger partial charge on any atom is -0.147 e. The van der Waals surface area contributed by atoms with Crippen LogP contribution in [-0.4, -0.2) is 10.3 Å². The summed E-state index contributed by atoms with van der Waals surface area (Å²) in [6.45, 7) is 14.9. The van der Waals surface area contributed by atoms with Crippen LogP contribution in [0.25, 0.3) is 0 Å². The molecule has 0 spiro atoms. The Balaban J connectivity index is 0. The summed E-state index contributed by atoms with van der Waals surface area (Å²) in [6, 6.07) is 0. The summed E-state index contributed by atoms with van der Waals surface area (Å²) in [4.78, 5) is 0. The van der Waals surface area contributed by atoms with Crippen molar-refractivity contribution in [3.05, 3.63) is 21.6 Å². The van der Waals surface area contributed by atoms with Gasteiger partial charge in [0.25, 0.3) is 0 Å². The van der Waals surface area contributed by atoms with E-state index in [-0.39, 0.29) is 30.1 Å². The first-order chi connectivity index (χ1) is 8.22. The molecule has 0 radical (unpaired) electrons. The summed E-state index contributed by atoms with van der Waals surface area (Å²) in [5, 5.41) is 0.576. The maximum atomic E-state index is 2.71. The second-order valence-corrected chi connectivity index (χ2v) is 97.8. The minimum atomic E-state index is -4.09. The minimum absolute atomic E-state index is 0. The molecule has 0 N–H and O–H groups in total. The molecule has 1 aliphatic carbocycles. The average Bonchev–Trinajstić information content (AvgIpc) is 2.41. The molecule has 22 heavy (non-hydrogen) atoms. The molecular weight excluding hydrogens is 497 g/mol. The van der Waals surface area contributed by atoms with Crippen LogP contribution in [0.1, 0.15) is 48.0 Å². The molecule has 0 saturated carbocycles. The van der Waals surface area contributed by atoms with Crippen molar-refractivity contribution in [1.29, 1.82) is 0 Å². The number of halogens is 2. The van der Waals surface area contributed by atoms with E-state index in [1.54, 1.807) is 3.33 Å². The predicted molar refractivity (Wildman–Crippen MR) is 112 cm³/mol. The van der Waals surface area contributed by atoms with Crippen LogP contribution in [0.5, 0.6) is 0 Å². The number of hydrogen-bond donors (Lipinski definition) is 0. The largest absolute Gasteiger partial charge is 0.147 e. The van der Waals surface area contributed by atoms with Crippen LogP contribution in [0, 0.1) is 0 Å². The van der Waals surface area contributed by atoms with Gasteiger partial charge in [0.1, 0.15) is 0 Å². The predicted octanol–water partition coefficient (Wildman–Crippen LogP) is 8.67. The number of rotatable bonds is 2. The third-order valence-electron chi connectivity index (χ3n) is 5.09. The second kappa shape index (κ2) is 5.18. The molecule has 1 aliphatic rings. The molecular formula is C18H40Cl2HfP. The maximum absolute atomic E-state index is 4.09. The Morgan fingerprint density at radius 2 is 1.18 bits per heavy atom. The molecule has 0 aromatic carbocycles. The van der Waals surface area contributed by atoms with Gasteiger partial charge in [-0.3, -0.25) is 0 Å². The Labute approximate surface area is 147 Å². The van der Waals surface area contributed by atoms with Gasteiger partial charge in [-0.25, -0.2) is 0 Å². The Hall–Kier alpha value is 1.36. The SMILES string of the molecule is CC(C)(C)[P](C(C)(C)C)[Hf]([CH3])([CH3])([CH3])([CH3])([CH3])[C]1=CC=CC1.Cl.Cl. The van der Waals surface area contributed by atoms with Gasteiger partial charge in [-0.05, 0) is 0 Å². The molecule has 0 nitrogen and oxygen atoms in total. The summed E-state index contributed by atoms with van der Waals surface area (Å²) >= 11 is -4.09. The summed E-state index contributed by atoms with van der Waals surface area (Å²) in [6.07, 6.45) is 8.27. The van der Waals surface area contributed by atoms with Gasteiger partial charge in [0.15, 0.2) is 0 Å². The smallest absolute Gasteiger partial charge is 0.147 e. The van der Waals surface area contributed by atoms with Crippen LogP contribution < -0.4 is 0 Å². The van der Waals surface area contributed by atoms with E-state index in [0.29, 0.717) is 10.3 Å². The average molecular weight is 537 g/mol. The minimum Gasteiger partial charge on any atom is -0.147 e. The molecule has 1 rings (SSSR count). The van der Waals surface area contributed by atoms with Crippen molar-refractivity contribution in [2.45, 2.75) is 81.7 Å². The van der Waals surface area contributed by atoms with E-state index < -0.39 is 15.0 Å². The first-order valence-electron chi connectivity index (χ1n) is 8.14. The molecule has 4 heteroatoms. The normalized spacial score (nSPS) is 20.9. The van der Waals surface area contributed by atoms with Gasteiger partial charge in [-0.1, -0.05) is 0 Å². The molecule has 135 valence electrons. The number of allylic oxidation sites excluding steroid dienone is 4. The Morgan fingerprint density at radius 1 is 0.818 bits per heavy atom. The topological polar surface area (TPSA) is 0 Å². The summed E-state index contributed by atoms with van der Waals surface area (Å²) in [5.41, 5.74) is 0. The number of hydrogen-bond acceptors (Lipinski definition) is 0. The molecule has 0 fully saturated rings. The molecule has 0 atom stereocenters. The summed E-state index contributed by atoms with van der Waals surface area (Å²) in [7, 11) is 0. The first kappa shape index (κ1) is 25.6. The van der Waals surface area contributed by atoms with E-state index in [1.165, 1.54) is 6.42 Å². The van der Waals surface area contributed by atoms with Crippen LogP contribution in [0.3, 0.4) is 0 Å². The zero-order valence-electron chi connectivity index (χ0n) is 16.7. The Bertz CT molecular complexity index is 486. The van der Waals surface area contributed by atoms with Gasteiger partial charge >= 0.3 is 123 Å². The van der Waals surface area contributed by atoms with Gasteiger partial charge in [-0.15, -0.1) is 24.8 Å². The first-order valence-corrected chi connectivity index (χ1v) is 34.1. The molecule has 0 saturated heterocycles. The van der Waals surface area contributed by atoms with Crippen LogP contribution >= 0.6 is 30.1 Å². The van der Waals surface area contributed by atoms with Gasteiger partial charge in [0.2, 0.25) is 0 Å². The van der Waals surface area contributed by atoms with E-state index in [2.05, 4.69) is 83.2 Å². The zero-order chi connectivity index (χ0) is 16.4. The fraction of sp³-hybridized carbons (Fsp3) is 0.778. The molecule has 0 heterocycles. The van der Waals surface area contributed by atoms with Crippen molar-refractivity contribution >= 4 is 30.1 Å². The van der Waals surface area contributed by atoms with E-state index >= 15 is 0 Å². The van der Waals surface area contributed by atoms with E-state index in [1.807, 2.05) is 0 Å². The van der Waals surface area contributed by atoms with Crippen LogP contribution in [-0.2, 0) is 15.0 Å². The van der Waals surface area contributed by atoms with Gasteiger partial charge in [-0.2, -0.15) is 0 Å². The van der Waals surface area contributed by atoms with Crippen molar-refractivity contribution in [3.63, 3.8) is 0 Å². The van der Waals surface area contributed by atoms with Crippen LogP contribution in [0.4, 0.5) is 0 Å². The molecule has 0 aromatic heterocycles. The monoisotopic (exact) mass is 537 g/mol. The van der Waals surface area contributed by atoms with E-state index in [4.69, 9.17) is 0 Å². The van der Waals surface area contributed by atoms with Gasteiger partial charge < -0.3 is 0 Å². The fourth-order valence-corrected chi connectivity index (χ4v) is 108. The van der Waals surface area contributed by atoms with Crippen molar-refractivity contribution in [3.8, 4) is 0 Å².